The maximum atomic E-state index is 11.3. The largest absolute Gasteiger partial charge is 0.478 e. The second kappa shape index (κ2) is 3.13. The van der Waals surface area contributed by atoms with E-state index in [2.05, 4.69) is 9.98 Å². The molecular weight excluding hydrogens is 204 g/mol. The predicted octanol–water partition coefficient (Wildman–Crippen LogP) is 1.87. The summed E-state index contributed by atoms with van der Waals surface area (Å²) < 4.78 is 0. The summed E-state index contributed by atoms with van der Waals surface area (Å²) in [6.07, 6.45) is 3.36. The lowest BCUT2D eigenvalue weighted by molar-refractivity contribution is 0.0698. The van der Waals surface area contributed by atoms with Crippen molar-refractivity contribution in [2.75, 3.05) is 0 Å². The number of fused-ring (bicyclic) bond motifs is 2. The van der Waals surface area contributed by atoms with Gasteiger partial charge >= 0.3 is 5.97 Å². The number of pyridine rings is 1. The summed E-state index contributed by atoms with van der Waals surface area (Å²) in [5.74, 6) is -0.916. The van der Waals surface area contributed by atoms with Gasteiger partial charge in [0.1, 0.15) is 0 Å². The van der Waals surface area contributed by atoms with Gasteiger partial charge in [-0.05, 0) is 17.7 Å². The van der Waals surface area contributed by atoms with Gasteiger partial charge in [0.25, 0.3) is 0 Å². The molecule has 1 N–H and O–H groups in total. The number of aromatic nitrogens is 1. The van der Waals surface area contributed by atoms with Gasteiger partial charge in [0.05, 0.1) is 17.6 Å². The second-order valence-electron chi connectivity index (χ2n) is 3.66. The van der Waals surface area contributed by atoms with Gasteiger partial charge in [0.2, 0.25) is 0 Å². The Morgan fingerprint density at radius 2 is 2.31 bits per heavy atom. The Balaban J connectivity index is 2.48. The molecule has 2 heterocycles. The molecule has 1 aromatic carbocycles. The quantitative estimate of drug-likeness (QED) is 0.784. The van der Waals surface area contributed by atoms with Crippen molar-refractivity contribution < 1.29 is 9.90 Å². The molecule has 1 aliphatic rings. The number of hydrogen-bond donors (Lipinski definition) is 1. The fourth-order valence-corrected chi connectivity index (χ4v) is 2.05. The number of aliphatic imine (C=N–C) groups is 1. The van der Waals surface area contributed by atoms with E-state index in [9.17, 15) is 9.90 Å². The topological polar surface area (TPSA) is 62.5 Å². The molecule has 0 radical (unpaired) electrons. The molecule has 4 nitrogen and oxygen atoms in total. The molecule has 0 bridgehead atoms. The molecule has 0 spiro atoms. The van der Waals surface area contributed by atoms with Crippen molar-refractivity contribution in [1.29, 1.82) is 0 Å². The molecule has 0 amide bonds. The van der Waals surface area contributed by atoms with E-state index in [1.807, 2.05) is 6.07 Å². The maximum absolute atomic E-state index is 11.3. The monoisotopic (exact) mass is 212 g/mol. The summed E-state index contributed by atoms with van der Waals surface area (Å²) in [6, 6.07) is 5.41. The lowest BCUT2D eigenvalue weighted by Crippen LogP contribution is -2.04. The van der Waals surface area contributed by atoms with Crippen molar-refractivity contribution in [3.8, 4) is 0 Å². The van der Waals surface area contributed by atoms with Gasteiger partial charge in [-0.15, -0.1) is 0 Å². The van der Waals surface area contributed by atoms with E-state index in [4.69, 9.17) is 0 Å². The summed E-state index contributed by atoms with van der Waals surface area (Å²) in [6.45, 7) is 0.446. The number of benzene rings is 1. The zero-order valence-corrected chi connectivity index (χ0v) is 8.34. The van der Waals surface area contributed by atoms with E-state index in [1.165, 1.54) is 0 Å². The van der Waals surface area contributed by atoms with Crippen LogP contribution >= 0.6 is 0 Å². The summed E-state index contributed by atoms with van der Waals surface area (Å²) in [5, 5.41) is 9.94. The average Bonchev–Trinajstić information content (AvgIpc) is 2.72. The van der Waals surface area contributed by atoms with Gasteiger partial charge in [-0.3, -0.25) is 9.98 Å². The Kier molecular flexibility index (Phi) is 1.77. The third-order valence-electron chi connectivity index (χ3n) is 2.74. The SMILES string of the molecule is O=C(O)c1c2c(cc3ncccc13)C=NC2. The van der Waals surface area contributed by atoms with Crippen LogP contribution in [-0.4, -0.2) is 22.3 Å². The van der Waals surface area contributed by atoms with Crippen molar-refractivity contribution in [3.05, 3.63) is 41.1 Å². The van der Waals surface area contributed by atoms with E-state index in [-0.39, 0.29) is 0 Å². The van der Waals surface area contributed by atoms with E-state index in [0.29, 0.717) is 23.0 Å². The van der Waals surface area contributed by atoms with Crippen LogP contribution in [0, 0.1) is 0 Å². The molecule has 2 aromatic rings. The summed E-state index contributed by atoms with van der Waals surface area (Å²) in [7, 11) is 0. The number of carboxylic acids is 1. The smallest absolute Gasteiger partial charge is 0.336 e. The van der Waals surface area contributed by atoms with Crippen LogP contribution in [0.5, 0.6) is 0 Å². The first-order chi connectivity index (χ1) is 7.77. The first-order valence-electron chi connectivity index (χ1n) is 4.91. The lowest BCUT2D eigenvalue weighted by atomic mass is 9.98. The highest BCUT2D eigenvalue weighted by Gasteiger charge is 2.20. The Hall–Kier alpha value is -2.23. The zero-order chi connectivity index (χ0) is 11.1. The Morgan fingerprint density at radius 3 is 3.12 bits per heavy atom. The number of hydrogen-bond acceptors (Lipinski definition) is 3. The fraction of sp³-hybridized carbons (Fsp3) is 0.0833. The summed E-state index contributed by atoms with van der Waals surface area (Å²) in [4.78, 5) is 19.6. The Bertz CT molecular complexity index is 632. The minimum absolute atomic E-state index is 0.332. The highest BCUT2D eigenvalue weighted by molar-refractivity contribution is 6.07. The third-order valence-corrected chi connectivity index (χ3v) is 2.74. The molecule has 0 fully saturated rings. The van der Waals surface area contributed by atoms with E-state index >= 15 is 0 Å². The summed E-state index contributed by atoms with van der Waals surface area (Å²) >= 11 is 0. The van der Waals surface area contributed by atoms with Gasteiger partial charge in [-0.2, -0.15) is 0 Å². The zero-order valence-electron chi connectivity index (χ0n) is 8.34. The van der Waals surface area contributed by atoms with Crippen LogP contribution in [0.4, 0.5) is 0 Å². The minimum Gasteiger partial charge on any atom is -0.478 e. The van der Waals surface area contributed by atoms with Crippen molar-refractivity contribution in [3.63, 3.8) is 0 Å². The maximum Gasteiger partial charge on any atom is 0.336 e. The van der Waals surface area contributed by atoms with Gasteiger partial charge in [0.15, 0.2) is 0 Å². The van der Waals surface area contributed by atoms with Crippen molar-refractivity contribution in [2.45, 2.75) is 6.54 Å². The molecule has 0 atom stereocenters. The Morgan fingerprint density at radius 1 is 1.44 bits per heavy atom. The molecule has 78 valence electrons. The first kappa shape index (κ1) is 9.03. The minimum atomic E-state index is -0.916. The fourth-order valence-electron chi connectivity index (χ4n) is 2.05. The number of carboxylic acid groups (broad SMARTS) is 1. The van der Waals surface area contributed by atoms with Crippen molar-refractivity contribution >= 4 is 23.1 Å². The standard InChI is InChI=1S/C12H8N2O2/c15-12(16)11-8-2-1-3-14-10(8)4-7-5-13-6-9(7)11/h1-5H,6H2,(H,15,16). The lowest BCUT2D eigenvalue weighted by Gasteiger charge is -2.07. The highest BCUT2D eigenvalue weighted by Crippen LogP contribution is 2.27. The van der Waals surface area contributed by atoms with Crippen LogP contribution in [0.15, 0.2) is 29.4 Å². The summed E-state index contributed by atoms with van der Waals surface area (Å²) in [5.41, 5.74) is 2.68. The van der Waals surface area contributed by atoms with Gasteiger partial charge in [0, 0.05) is 23.4 Å². The van der Waals surface area contributed by atoms with E-state index in [0.717, 1.165) is 11.1 Å². The van der Waals surface area contributed by atoms with Gasteiger partial charge in [-0.25, -0.2) is 4.79 Å². The van der Waals surface area contributed by atoms with Crippen molar-refractivity contribution in [2.24, 2.45) is 4.99 Å². The molecule has 0 aliphatic carbocycles. The third kappa shape index (κ3) is 1.13. The van der Waals surface area contributed by atoms with Crippen LogP contribution in [0.1, 0.15) is 21.5 Å². The second-order valence-corrected chi connectivity index (χ2v) is 3.66. The number of aromatic carboxylic acids is 1. The predicted molar refractivity (Wildman–Crippen MR) is 60.0 cm³/mol. The number of carbonyl (C=O) groups is 1. The molecule has 4 heteroatoms. The van der Waals surface area contributed by atoms with Crippen LogP contribution in [0.2, 0.25) is 0 Å². The van der Waals surface area contributed by atoms with E-state index in [1.54, 1.807) is 24.5 Å². The van der Waals surface area contributed by atoms with Crippen LogP contribution in [-0.2, 0) is 6.54 Å². The Labute approximate surface area is 91.3 Å². The number of rotatable bonds is 1. The first-order valence-corrected chi connectivity index (χ1v) is 4.91. The molecule has 16 heavy (non-hydrogen) atoms. The van der Waals surface area contributed by atoms with E-state index < -0.39 is 5.97 Å². The molecular formula is C12H8N2O2. The average molecular weight is 212 g/mol. The highest BCUT2D eigenvalue weighted by atomic mass is 16.4. The molecule has 1 aliphatic heterocycles. The normalized spacial score (nSPS) is 13.0. The molecule has 0 unspecified atom stereocenters. The molecule has 0 saturated carbocycles. The van der Waals surface area contributed by atoms with Gasteiger partial charge in [-0.1, -0.05) is 6.07 Å². The molecule has 0 saturated heterocycles. The molecule has 1 aromatic heterocycles. The van der Waals surface area contributed by atoms with Crippen LogP contribution in [0.25, 0.3) is 10.9 Å². The van der Waals surface area contributed by atoms with Crippen LogP contribution < -0.4 is 0 Å². The number of nitrogens with zero attached hydrogens (tertiary/aromatic N) is 2. The van der Waals surface area contributed by atoms with Crippen molar-refractivity contribution in [1.82, 2.24) is 4.98 Å². The van der Waals surface area contributed by atoms with Crippen LogP contribution in [0.3, 0.4) is 0 Å². The molecule has 3 rings (SSSR count). The van der Waals surface area contributed by atoms with Gasteiger partial charge < -0.3 is 5.11 Å².